The van der Waals surface area contributed by atoms with E-state index in [0.29, 0.717) is 5.65 Å². The van der Waals surface area contributed by atoms with Crippen LogP contribution >= 0.6 is 15.9 Å². The van der Waals surface area contributed by atoms with Gasteiger partial charge in [-0.05, 0) is 28.9 Å². The molecule has 74 valence electrons. The van der Waals surface area contributed by atoms with Crippen LogP contribution in [0.4, 0.5) is 0 Å². The summed E-state index contributed by atoms with van der Waals surface area (Å²) in [6, 6.07) is 1.95. The van der Waals surface area contributed by atoms with E-state index in [-0.39, 0.29) is 6.10 Å². The highest BCUT2D eigenvalue weighted by atomic mass is 79.9. The third-order valence-corrected chi connectivity index (χ3v) is 2.49. The van der Waals surface area contributed by atoms with Crippen LogP contribution in [0.2, 0.25) is 0 Å². The summed E-state index contributed by atoms with van der Waals surface area (Å²) >= 11 is 3.35. The second kappa shape index (κ2) is 3.67. The highest BCUT2D eigenvalue weighted by molar-refractivity contribution is 9.10. The molecule has 0 amide bonds. The first kappa shape index (κ1) is 9.61. The molecule has 14 heavy (non-hydrogen) atoms. The minimum Gasteiger partial charge on any atom is -0.374 e. The molecule has 4 nitrogen and oxygen atoms in total. The molecule has 0 saturated heterocycles. The molecule has 1 unspecified atom stereocenters. The number of nitrogens with one attached hydrogen (secondary N) is 1. The number of hydrogen-bond donors (Lipinski definition) is 1. The molecule has 0 aromatic carbocycles. The summed E-state index contributed by atoms with van der Waals surface area (Å²) < 4.78 is 6.10. The smallest absolute Gasteiger partial charge is 0.177 e. The first-order chi connectivity index (χ1) is 6.70. The quantitative estimate of drug-likeness (QED) is 0.897. The van der Waals surface area contributed by atoms with Crippen LogP contribution in [0, 0.1) is 0 Å². The Morgan fingerprint density at radius 3 is 3.07 bits per heavy atom. The number of fused-ring (bicyclic) bond motifs is 1. The van der Waals surface area contributed by atoms with Gasteiger partial charge in [-0.15, -0.1) is 0 Å². The van der Waals surface area contributed by atoms with Gasteiger partial charge in [-0.2, -0.15) is 0 Å². The number of rotatable bonds is 2. The van der Waals surface area contributed by atoms with Crippen LogP contribution in [0.3, 0.4) is 0 Å². The average Bonchev–Trinajstić information content (AvgIpc) is 2.59. The number of imidazole rings is 1. The van der Waals surface area contributed by atoms with Gasteiger partial charge >= 0.3 is 0 Å². The van der Waals surface area contributed by atoms with E-state index in [1.807, 2.05) is 13.0 Å². The van der Waals surface area contributed by atoms with E-state index in [2.05, 4.69) is 30.9 Å². The molecule has 0 aliphatic carbocycles. The van der Waals surface area contributed by atoms with Gasteiger partial charge < -0.3 is 9.72 Å². The summed E-state index contributed by atoms with van der Waals surface area (Å²) in [6.45, 7) is 1.94. The Balaban J connectivity index is 2.51. The van der Waals surface area contributed by atoms with Gasteiger partial charge in [0.15, 0.2) is 5.65 Å². The van der Waals surface area contributed by atoms with Crippen LogP contribution in [-0.2, 0) is 4.74 Å². The van der Waals surface area contributed by atoms with Crippen LogP contribution in [0.1, 0.15) is 18.9 Å². The maximum Gasteiger partial charge on any atom is 0.177 e. The SMILES string of the molecule is COC(C)c1nc2ncc(Br)cc2[nH]1. The number of halogens is 1. The number of methoxy groups -OCH3 is 1. The molecule has 0 aliphatic rings. The van der Waals surface area contributed by atoms with Gasteiger partial charge in [0.25, 0.3) is 0 Å². The van der Waals surface area contributed by atoms with E-state index < -0.39 is 0 Å². The van der Waals surface area contributed by atoms with E-state index in [1.54, 1.807) is 13.3 Å². The maximum absolute atomic E-state index is 5.16. The first-order valence-corrected chi connectivity index (χ1v) is 5.04. The molecule has 0 bridgehead atoms. The van der Waals surface area contributed by atoms with Gasteiger partial charge in [0.2, 0.25) is 0 Å². The molecule has 0 saturated carbocycles. The summed E-state index contributed by atoms with van der Waals surface area (Å²) in [4.78, 5) is 11.6. The van der Waals surface area contributed by atoms with Crippen molar-refractivity contribution in [3.05, 3.63) is 22.6 Å². The highest BCUT2D eigenvalue weighted by Gasteiger charge is 2.10. The zero-order valence-electron chi connectivity index (χ0n) is 7.91. The van der Waals surface area contributed by atoms with Crippen molar-refractivity contribution in [2.75, 3.05) is 7.11 Å². The van der Waals surface area contributed by atoms with Crippen molar-refractivity contribution in [2.24, 2.45) is 0 Å². The molecule has 2 aromatic heterocycles. The Kier molecular flexibility index (Phi) is 2.52. The fourth-order valence-corrected chi connectivity index (χ4v) is 1.53. The fourth-order valence-electron chi connectivity index (χ4n) is 1.20. The van der Waals surface area contributed by atoms with E-state index in [9.17, 15) is 0 Å². The molecule has 5 heteroatoms. The number of aromatic amines is 1. The number of H-pyrrole nitrogens is 1. The monoisotopic (exact) mass is 255 g/mol. The summed E-state index contributed by atoms with van der Waals surface area (Å²) in [6.07, 6.45) is 1.69. The van der Waals surface area contributed by atoms with Gasteiger partial charge in [-0.3, -0.25) is 0 Å². The topological polar surface area (TPSA) is 50.8 Å². The van der Waals surface area contributed by atoms with Crippen molar-refractivity contribution in [3.63, 3.8) is 0 Å². The predicted octanol–water partition coefficient (Wildman–Crippen LogP) is 2.43. The van der Waals surface area contributed by atoms with Crippen LogP contribution < -0.4 is 0 Å². The third-order valence-electron chi connectivity index (χ3n) is 2.06. The molecule has 1 N–H and O–H groups in total. The fraction of sp³-hybridized carbons (Fsp3) is 0.333. The molecular weight excluding hydrogens is 246 g/mol. The largest absolute Gasteiger partial charge is 0.374 e. The molecular formula is C9H10BrN3O. The van der Waals surface area contributed by atoms with E-state index >= 15 is 0 Å². The van der Waals surface area contributed by atoms with Crippen molar-refractivity contribution in [1.82, 2.24) is 15.0 Å². The number of aromatic nitrogens is 3. The minimum atomic E-state index is -0.0389. The Morgan fingerprint density at radius 1 is 1.57 bits per heavy atom. The van der Waals surface area contributed by atoms with Crippen molar-refractivity contribution < 1.29 is 4.74 Å². The van der Waals surface area contributed by atoms with Crippen molar-refractivity contribution in [3.8, 4) is 0 Å². The molecule has 0 radical (unpaired) electrons. The van der Waals surface area contributed by atoms with E-state index in [4.69, 9.17) is 4.74 Å². The lowest BCUT2D eigenvalue weighted by Crippen LogP contribution is -1.97. The maximum atomic E-state index is 5.16. The Morgan fingerprint density at radius 2 is 2.36 bits per heavy atom. The van der Waals surface area contributed by atoms with Crippen LogP contribution in [-0.4, -0.2) is 22.1 Å². The Bertz CT molecular complexity index is 454. The second-order valence-electron chi connectivity index (χ2n) is 3.02. The zero-order chi connectivity index (χ0) is 10.1. The normalized spacial score (nSPS) is 13.4. The molecule has 1 atom stereocenters. The molecule has 2 aromatic rings. The minimum absolute atomic E-state index is 0.0389. The van der Waals surface area contributed by atoms with E-state index in [1.165, 1.54) is 0 Å². The highest BCUT2D eigenvalue weighted by Crippen LogP contribution is 2.19. The molecule has 0 spiro atoms. The van der Waals surface area contributed by atoms with Gasteiger partial charge in [0.05, 0.1) is 5.52 Å². The average molecular weight is 256 g/mol. The molecule has 2 rings (SSSR count). The lowest BCUT2D eigenvalue weighted by Gasteiger charge is -2.03. The van der Waals surface area contributed by atoms with Gasteiger partial charge in [-0.25, -0.2) is 9.97 Å². The zero-order valence-corrected chi connectivity index (χ0v) is 9.50. The molecule has 0 fully saturated rings. The second-order valence-corrected chi connectivity index (χ2v) is 3.94. The van der Waals surface area contributed by atoms with Crippen molar-refractivity contribution in [1.29, 1.82) is 0 Å². The van der Waals surface area contributed by atoms with Crippen LogP contribution in [0.15, 0.2) is 16.7 Å². The van der Waals surface area contributed by atoms with Crippen LogP contribution in [0.25, 0.3) is 11.2 Å². The van der Waals surface area contributed by atoms with Gasteiger partial charge in [0, 0.05) is 17.8 Å². The summed E-state index contributed by atoms with van der Waals surface area (Å²) in [7, 11) is 1.65. The lowest BCUT2D eigenvalue weighted by molar-refractivity contribution is 0.113. The standard InChI is InChI=1S/C9H10BrN3O/c1-5(14-2)8-12-7-3-6(10)4-11-9(7)13-8/h3-5H,1-2H3,(H,11,12,13). The summed E-state index contributed by atoms with van der Waals surface area (Å²) in [5.41, 5.74) is 1.63. The number of ether oxygens (including phenoxy) is 1. The lowest BCUT2D eigenvalue weighted by atomic mass is 10.4. The summed E-state index contributed by atoms with van der Waals surface area (Å²) in [5.74, 6) is 0.799. The Hall–Kier alpha value is -0.940. The van der Waals surface area contributed by atoms with Crippen LogP contribution in [0.5, 0.6) is 0 Å². The van der Waals surface area contributed by atoms with Gasteiger partial charge in [0.1, 0.15) is 11.9 Å². The van der Waals surface area contributed by atoms with E-state index in [0.717, 1.165) is 15.8 Å². The van der Waals surface area contributed by atoms with Crippen molar-refractivity contribution in [2.45, 2.75) is 13.0 Å². The third kappa shape index (κ3) is 1.65. The van der Waals surface area contributed by atoms with Crippen molar-refractivity contribution >= 4 is 27.1 Å². The number of hydrogen-bond acceptors (Lipinski definition) is 3. The molecule has 0 aliphatic heterocycles. The number of nitrogens with zero attached hydrogens (tertiary/aromatic N) is 2. The molecule has 2 heterocycles. The van der Waals surface area contributed by atoms with Gasteiger partial charge in [-0.1, -0.05) is 0 Å². The Labute approximate surface area is 89.8 Å². The first-order valence-electron chi connectivity index (χ1n) is 4.24. The predicted molar refractivity (Wildman–Crippen MR) is 57.0 cm³/mol. The summed E-state index contributed by atoms with van der Waals surface area (Å²) in [5, 5.41) is 0. The number of pyridine rings is 1.